The van der Waals surface area contributed by atoms with Crippen LogP contribution in [0.2, 0.25) is 0 Å². The molecule has 0 radical (unpaired) electrons. The molecule has 0 spiro atoms. The Morgan fingerprint density at radius 3 is 2.35 bits per heavy atom. The van der Waals surface area contributed by atoms with E-state index in [9.17, 15) is 23.9 Å². The van der Waals surface area contributed by atoms with Crippen LogP contribution in [0.4, 0.5) is 10.1 Å². The van der Waals surface area contributed by atoms with E-state index in [0.29, 0.717) is 29.8 Å². The number of halogens is 1. The van der Waals surface area contributed by atoms with Crippen molar-refractivity contribution in [1.82, 2.24) is 4.90 Å². The third-order valence-corrected chi connectivity index (χ3v) is 6.84. The van der Waals surface area contributed by atoms with Gasteiger partial charge in [-0.05, 0) is 31.0 Å². The van der Waals surface area contributed by atoms with Gasteiger partial charge in [-0.15, -0.1) is 0 Å². The minimum Gasteiger partial charge on any atom is -0.480 e. The lowest BCUT2D eigenvalue weighted by Crippen LogP contribution is -2.39. The number of esters is 1. The zero-order valence-corrected chi connectivity index (χ0v) is 22.2. The molecule has 9 heteroatoms. The summed E-state index contributed by atoms with van der Waals surface area (Å²) in [6.45, 7) is 1.46. The van der Waals surface area contributed by atoms with Gasteiger partial charge in [0, 0.05) is 24.1 Å². The van der Waals surface area contributed by atoms with E-state index in [1.807, 2.05) is 30.3 Å². The number of methoxy groups -OCH3 is 1. The first-order valence-corrected chi connectivity index (χ1v) is 13.1. The maximum absolute atomic E-state index is 14.4. The van der Waals surface area contributed by atoms with Gasteiger partial charge in [-0.3, -0.25) is 14.7 Å². The standard InChI is InChI=1S/C31H32FN3O5/c1-40-31(39)24(32)19-26(30(37)38)33-28(22-13-6-3-7-14-22)23-15-8-9-16-25(23)34-29(36)27-17-10-18-35(27)20-21-11-4-2-5-12-21/h2-9,11-16,24,26-27H,10,17-20H2,1H3,(H,34,36)(H,37,38)/t24?,26-,27-/m0/s1/i32-1. The molecule has 3 aromatic rings. The number of hydrogen-bond donors (Lipinski definition) is 2. The van der Waals surface area contributed by atoms with Crippen molar-refractivity contribution in [3.63, 3.8) is 0 Å². The van der Waals surface area contributed by atoms with Crippen molar-refractivity contribution in [1.29, 1.82) is 0 Å². The fourth-order valence-electron chi connectivity index (χ4n) is 4.83. The first-order chi connectivity index (χ1) is 19.4. The Bertz CT molecular complexity index is 1350. The molecule has 208 valence electrons. The number of benzene rings is 3. The van der Waals surface area contributed by atoms with Gasteiger partial charge in [0.1, 0.15) is 0 Å². The highest BCUT2D eigenvalue weighted by atomic mass is 18.2. The molecule has 8 nitrogen and oxygen atoms in total. The molecule has 4 rings (SSSR count). The molecule has 1 heterocycles. The summed E-state index contributed by atoms with van der Waals surface area (Å²) in [4.78, 5) is 43.8. The van der Waals surface area contributed by atoms with Crippen LogP contribution >= 0.6 is 0 Å². The number of amides is 1. The van der Waals surface area contributed by atoms with Crippen LogP contribution in [0, 0.1) is 0 Å². The highest BCUT2D eigenvalue weighted by Gasteiger charge is 2.32. The number of hydrogen-bond acceptors (Lipinski definition) is 6. The second-order valence-corrected chi connectivity index (χ2v) is 9.57. The van der Waals surface area contributed by atoms with Gasteiger partial charge in [-0.1, -0.05) is 78.9 Å². The predicted octanol–water partition coefficient (Wildman–Crippen LogP) is 4.48. The minimum atomic E-state index is -2.15. The monoisotopic (exact) mass is 544 g/mol. The Kier molecular flexibility index (Phi) is 9.75. The van der Waals surface area contributed by atoms with Gasteiger partial charge in [0.25, 0.3) is 0 Å². The van der Waals surface area contributed by atoms with Crippen molar-refractivity contribution < 1.29 is 28.6 Å². The zero-order chi connectivity index (χ0) is 28.5. The Labute approximate surface area is 232 Å². The lowest BCUT2D eigenvalue weighted by molar-refractivity contribution is -0.147. The molecule has 0 aromatic heterocycles. The van der Waals surface area contributed by atoms with Crippen LogP contribution in [0.15, 0.2) is 89.9 Å². The summed E-state index contributed by atoms with van der Waals surface area (Å²) >= 11 is 0. The van der Waals surface area contributed by atoms with Crippen molar-refractivity contribution in [3.05, 3.63) is 102 Å². The molecule has 1 saturated heterocycles. The predicted molar refractivity (Wildman–Crippen MR) is 150 cm³/mol. The molecule has 2 N–H and O–H groups in total. The van der Waals surface area contributed by atoms with E-state index in [1.54, 1.807) is 54.6 Å². The number of carbonyl (C=O) groups excluding carboxylic acids is 2. The summed E-state index contributed by atoms with van der Waals surface area (Å²) in [5.74, 6) is -2.71. The lowest BCUT2D eigenvalue weighted by atomic mass is 9.99. The second kappa shape index (κ2) is 13.6. The van der Waals surface area contributed by atoms with Crippen molar-refractivity contribution in [2.75, 3.05) is 19.0 Å². The molecule has 0 saturated carbocycles. The quantitative estimate of drug-likeness (QED) is 0.272. The Balaban J connectivity index is 1.65. The average Bonchev–Trinajstić information content (AvgIpc) is 3.44. The number of aliphatic carboxylic acids is 1. The second-order valence-electron chi connectivity index (χ2n) is 9.57. The first kappa shape index (κ1) is 28.6. The van der Waals surface area contributed by atoms with Gasteiger partial charge in [0.05, 0.1) is 24.6 Å². The number of aliphatic imine (C=N–C) groups is 1. The SMILES string of the molecule is COC(=O)C([18F])C[C@H](N=C(c1ccccc1)c1ccccc1NC(=O)[C@@H]1CCCN1Cc1ccccc1)C(=O)O. The molecule has 3 aromatic carbocycles. The third kappa shape index (κ3) is 7.18. The van der Waals surface area contributed by atoms with Crippen LogP contribution in [0.3, 0.4) is 0 Å². The van der Waals surface area contributed by atoms with Crippen LogP contribution in [0.5, 0.6) is 0 Å². The molecule has 3 atom stereocenters. The highest BCUT2D eigenvalue weighted by Crippen LogP contribution is 2.25. The van der Waals surface area contributed by atoms with E-state index in [-0.39, 0.29) is 17.7 Å². The van der Waals surface area contributed by atoms with Crippen LogP contribution in [0.25, 0.3) is 0 Å². The molecule has 40 heavy (non-hydrogen) atoms. The van der Waals surface area contributed by atoms with Gasteiger partial charge in [0.15, 0.2) is 12.2 Å². The third-order valence-electron chi connectivity index (χ3n) is 6.84. The van der Waals surface area contributed by atoms with E-state index in [2.05, 4.69) is 19.9 Å². The average molecular weight is 545 g/mol. The maximum Gasteiger partial charge on any atom is 0.340 e. The fourth-order valence-corrected chi connectivity index (χ4v) is 4.83. The van der Waals surface area contributed by atoms with Gasteiger partial charge >= 0.3 is 11.9 Å². The molecular weight excluding hydrogens is 512 g/mol. The van der Waals surface area contributed by atoms with E-state index < -0.39 is 30.6 Å². The molecule has 0 aliphatic carbocycles. The summed E-state index contributed by atoms with van der Waals surface area (Å²) in [5.41, 5.74) is 2.90. The van der Waals surface area contributed by atoms with Gasteiger partial charge < -0.3 is 15.2 Å². The number of ether oxygens (including phenoxy) is 1. The van der Waals surface area contributed by atoms with E-state index >= 15 is 0 Å². The summed E-state index contributed by atoms with van der Waals surface area (Å²) < 4.78 is 18.8. The Morgan fingerprint density at radius 1 is 1.02 bits per heavy atom. The number of nitrogens with one attached hydrogen (secondary N) is 1. The largest absolute Gasteiger partial charge is 0.480 e. The number of carboxylic acids is 1. The minimum absolute atomic E-state index is 0.169. The number of para-hydroxylation sites is 1. The molecule has 0 bridgehead atoms. The Hall–Kier alpha value is -4.37. The number of rotatable bonds is 11. The number of alkyl halides is 1. The first-order valence-electron chi connectivity index (χ1n) is 13.1. The number of carbonyl (C=O) groups is 3. The van der Waals surface area contributed by atoms with Gasteiger partial charge in [-0.2, -0.15) is 0 Å². The topological polar surface area (TPSA) is 108 Å². The summed E-state index contributed by atoms with van der Waals surface area (Å²) in [7, 11) is 1.04. The Morgan fingerprint density at radius 2 is 1.68 bits per heavy atom. The van der Waals surface area contributed by atoms with Crippen molar-refractivity contribution in [3.8, 4) is 0 Å². The molecule has 1 amide bonds. The van der Waals surface area contributed by atoms with Crippen LogP contribution in [-0.2, 0) is 25.7 Å². The lowest BCUT2D eigenvalue weighted by Gasteiger charge is -2.24. The fraction of sp³-hybridized carbons (Fsp3) is 0.290. The van der Waals surface area contributed by atoms with Crippen molar-refractivity contribution in [2.24, 2.45) is 4.99 Å². The van der Waals surface area contributed by atoms with Crippen LogP contribution in [0.1, 0.15) is 36.0 Å². The van der Waals surface area contributed by atoms with E-state index in [4.69, 9.17) is 0 Å². The van der Waals surface area contributed by atoms with E-state index in [1.165, 1.54) is 0 Å². The summed E-state index contributed by atoms with van der Waals surface area (Å²) in [6, 6.07) is 23.9. The van der Waals surface area contributed by atoms with Crippen molar-refractivity contribution in [2.45, 2.75) is 44.1 Å². The molecule has 1 unspecified atom stereocenters. The van der Waals surface area contributed by atoms with Gasteiger partial charge in [0.2, 0.25) is 5.91 Å². The molecule has 1 aliphatic heterocycles. The molecule has 1 fully saturated rings. The maximum atomic E-state index is 14.4. The molecule has 1 aliphatic rings. The smallest absolute Gasteiger partial charge is 0.340 e. The molecular formula is C31H32FN3O5. The van der Waals surface area contributed by atoms with E-state index in [0.717, 1.165) is 25.6 Å². The number of nitrogens with zero attached hydrogens (tertiary/aromatic N) is 2. The number of carboxylic acid groups (broad SMARTS) is 1. The van der Waals surface area contributed by atoms with Crippen LogP contribution in [-0.4, -0.2) is 65.5 Å². The van der Waals surface area contributed by atoms with Crippen molar-refractivity contribution >= 4 is 29.2 Å². The summed E-state index contributed by atoms with van der Waals surface area (Å²) in [5, 5.41) is 12.9. The van der Waals surface area contributed by atoms with Gasteiger partial charge in [-0.25, -0.2) is 14.0 Å². The normalized spacial score (nSPS) is 17.1. The van der Waals surface area contributed by atoms with Crippen LogP contribution < -0.4 is 5.32 Å². The number of likely N-dealkylation sites (tertiary alicyclic amines) is 1. The summed E-state index contributed by atoms with van der Waals surface area (Å²) in [6.07, 6.45) is -1.23. The highest BCUT2D eigenvalue weighted by molar-refractivity contribution is 6.17. The number of anilines is 1. The zero-order valence-electron chi connectivity index (χ0n) is 22.2.